The smallest absolute Gasteiger partial charge is 0.257 e. The van der Waals surface area contributed by atoms with Gasteiger partial charge in [0, 0.05) is 11.5 Å². The van der Waals surface area contributed by atoms with E-state index >= 15 is 0 Å². The molecule has 2 amide bonds. The number of benzene rings is 2. The molecule has 0 aromatic heterocycles. The van der Waals surface area contributed by atoms with E-state index in [1.165, 1.54) is 25.2 Å². The largest absolute Gasteiger partial charge is 0.332 e. The van der Waals surface area contributed by atoms with Crippen molar-refractivity contribution in [2.45, 2.75) is 0 Å². The minimum absolute atomic E-state index is 0.129. The average molecular weight is 434 g/mol. The number of carbonyl (C=O) groups excluding carboxylic acids is 2. The van der Waals surface area contributed by atoms with Gasteiger partial charge in [-0.25, -0.2) is 4.39 Å². The van der Waals surface area contributed by atoms with Crippen molar-refractivity contribution in [2.75, 3.05) is 18.9 Å². The van der Waals surface area contributed by atoms with Gasteiger partial charge < -0.3 is 10.2 Å². The van der Waals surface area contributed by atoms with Crippen molar-refractivity contribution in [1.29, 1.82) is 0 Å². The van der Waals surface area contributed by atoms with E-state index < -0.39 is 17.6 Å². The summed E-state index contributed by atoms with van der Waals surface area (Å²) in [5.41, 5.74) is 0.135. The summed E-state index contributed by atoms with van der Waals surface area (Å²) >= 11 is 15.1. The Labute approximate surface area is 156 Å². The summed E-state index contributed by atoms with van der Waals surface area (Å²) in [6.45, 7) is -0.285. The number of rotatable bonds is 4. The van der Waals surface area contributed by atoms with Crippen molar-refractivity contribution in [3.05, 3.63) is 62.3 Å². The Bertz CT molecular complexity index is 781. The zero-order chi connectivity index (χ0) is 17.9. The first-order chi connectivity index (χ1) is 11.3. The molecule has 0 aliphatic heterocycles. The Balaban J connectivity index is 2.08. The molecule has 0 aliphatic rings. The van der Waals surface area contributed by atoms with Gasteiger partial charge in [0.2, 0.25) is 5.91 Å². The maximum atomic E-state index is 13.8. The van der Waals surface area contributed by atoms with Crippen LogP contribution in [-0.2, 0) is 4.79 Å². The monoisotopic (exact) mass is 432 g/mol. The summed E-state index contributed by atoms with van der Waals surface area (Å²) in [6, 6.07) is 8.82. The number of nitrogens with zero attached hydrogens (tertiary/aromatic N) is 1. The lowest BCUT2D eigenvalue weighted by Crippen LogP contribution is -2.35. The second kappa shape index (κ2) is 7.96. The van der Waals surface area contributed by atoms with Crippen LogP contribution in [0.3, 0.4) is 0 Å². The Morgan fingerprint density at radius 3 is 2.46 bits per heavy atom. The highest BCUT2D eigenvalue weighted by Crippen LogP contribution is 2.29. The number of hydrogen-bond donors (Lipinski definition) is 1. The summed E-state index contributed by atoms with van der Waals surface area (Å²) in [6.07, 6.45) is 0. The zero-order valence-electron chi connectivity index (χ0n) is 12.4. The van der Waals surface area contributed by atoms with Gasteiger partial charge in [-0.2, -0.15) is 0 Å². The number of nitrogens with one attached hydrogen (secondary N) is 1. The lowest BCUT2D eigenvalue weighted by Gasteiger charge is -2.18. The van der Waals surface area contributed by atoms with Crippen LogP contribution in [0.1, 0.15) is 10.4 Å². The number of halogens is 4. The SMILES string of the molecule is CN(CC(=O)Nc1c(Cl)cccc1Cl)C(=O)c1cc(Br)ccc1F. The molecule has 0 aliphatic carbocycles. The van der Waals surface area contributed by atoms with Crippen LogP contribution in [0.2, 0.25) is 10.0 Å². The first kappa shape index (κ1) is 18.7. The van der Waals surface area contributed by atoms with E-state index in [4.69, 9.17) is 23.2 Å². The molecule has 0 saturated heterocycles. The molecule has 0 fully saturated rings. The molecule has 4 nitrogen and oxygen atoms in total. The van der Waals surface area contributed by atoms with E-state index in [1.54, 1.807) is 18.2 Å². The molecular weight excluding hydrogens is 422 g/mol. The Morgan fingerprint density at radius 2 is 1.83 bits per heavy atom. The molecule has 0 heterocycles. The number of anilines is 1. The minimum atomic E-state index is -0.662. The van der Waals surface area contributed by atoms with Crippen molar-refractivity contribution < 1.29 is 14.0 Å². The van der Waals surface area contributed by atoms with Gasteiger partial charge in [-0.05, 0) is 30.3 Å². The third kappa shape index (κ3) is 4.47. The molecule has 1 N–H and O–H groups in total. The van der Waals surface area contributed by atoms with E-state index in [2.05, 4.69) is 21.2 Å². The van der Waals surface area contributed by atoms with Crippen molar-refractivity contribution in [2.24, 2.45) is 0 Å². The van der Waals surface area contributed by atoms with Gasteiger partial charge in [0.15, 0.2) is 0 Å². The Kier molecular flexibility index (Phi) is 6.21. The van der Waals surface area contributed by atoms with E-state index in [0.717, 1.165) is 4.90 Å². The topological polar surface area (TPSA) is 49.4 Å². The van der Waals surface area contributed by atoms with Gasteiger partial charge in [-0.3, -0.25) is 9.59 Å². The molecule has 0 radical (unpaired) electrons. The maximum absolute atomic E-state index is 13.8. The lowest BCUT2D eigenvalue weighted by atomic mass is 10.2. The van der Waals surface area contributed by atoms with Gasteiger partial charge in [-0.15, -0.1) is 0 Å². The van der Waals surface area contributed by atoms with E-state index in [9.17, 15) is 14.0 Å². The average Bonchev–Trinajstić information content (AvgIpc) is 2.52. The van der Waals surface area contributed by atoms with Crippen LogP contribution in [0.5, 0.6) is 0 Å². The van der Waals surface area contributed by atoms with Gasteiger partial charge in [0.25, 0.3) is 5.91 Å². The second-order valence-corrected chi connectivity index (χ2v) is 6.66. The van der Waals surface area contributed by atoms with Crippen molar-refractivity contribution in [1.82, 2.24) is 4.90 Å². The third-order valence-electron chi connectivity index (χ3n) is 3.11. The summed E-state index contributed by atoms with van der Waals surface area (Å²) in [5.74, 6) is -1.78. The fourth-order valence-corrected chi connectivity index (χ4v) is 2.80. The Morgan fingerprint density at radius 1 is 1.21 bits per heavy atom. The molecular formula is C16H12BrCl2FN2O2. The molecule has 2 rings (SSSR count). The summed E-state index contributed by atoms with van der Waals surface area (Å²) in [4.78, 5) is 25.5. The predicted octanol–water partition coefficient (Wildman–Crippen LogP) is 4.61. The maximum Gasteiger partial charge on any atom is 0.257 e. The van der Waals surface area contributed by atoms with Gasteiger partial charge in [0.05, 0.1) is 27.8 Å². The summed E-state index contributed by atoms with van der Waals surface area (Å²) in [7, 11) is 1.40. The van der Waals surface area contributed by atoms with Crippen molar-refractivity contribution >= 4 is 56.6 Å². The van der Waals surface area contributed by atoms with Gasteiger partial charge in [0.1, 0.15) is 5.82 Å². The normalized spacial score (nSPS) is 10.4. The van der Waals surface area contributed by atoms with Crippen LogP contribution in [0.4, 0.5) is 10.1 Å². The molecule has 8 heteroatoms. The molecule has 0 saturated carbocycles. The van der Waals surface area contributed by atoms with Crippen LogP contribution < -0.4 is 5.32 Å². The van der Waals surface area contributed by atoms with Crippen molar-refractivity contribution in [3.8, 4) is 0 Å². The molecule has 0 spiro atoms. The van der Waals surface area contributed by atoms with E-state index in [0.29, 0.717) is 4.47 Å². The molecule has 2 aromatic rings. The first-order valence-corrected chi connectivity index (χ1v) is 8.29. The lowest BCUT2D eigenvalue weighted by molar-refractivity contribution is -0.116. The van der Waals surface area contributed by atoms with Crippen LogP contribution >= 0.6 is 39.1 Å². The standard InChI is InChI=1S/C16H12BrCl2FN2O2/c1-22(16(24)10-7-9(17)5-6-13(10)20)8-14(23)21-15-11(18)3-2-4-12(15)19/h2-7H,8H2,1H3,(H,21,23). The third-order valence-corrected chi connectivity index (χ3v) is 4.24. The van der Waals surface area contributed by atoms with Crippen molar-refractivity contribution in [3.63, 3.8) is 0 Å². The molecule has 126 valence electrons. The quantitative estimate of drug-likeness (QED) is 0.765. The second-order valence-electron chi connectivity index (χ2n) is 4.93. The highest BCUT2D eigenvalue weighted by atomic mass is 79.9. The van der Waals surface area contributed by atoms with Gasteiger partial charge >= 0.3 is 0 Å². The number of para-hydroxylation sites is 1. The van der Waals surface area contributed by atoms with E-state index in [1.807, 2.05) is 0 Å². The fourth-order valence-electron chi connectivity index (χ4n) is 1.95. The molecule has 2 aromatic carbocycles. The molecule has 0 unspecified atom stereocenters. The van der Waals surface area contributed by atoms with Crippen LogP contribution in [0.25, 0.3) is 0 Å². The molecule has 0 bridgehead atoms. The van der Waals surface area contributed by atoms with E-state index in [-0.39, 0.29) is 27.8 Å². The molecule has 0 atom stereocenters. The highest BCUT2D eigenvalue weighted by Gasteiger charge is 2.19. The van der Waals surface area contributed by atoms with Crippen LogP contribution in [-0.4, -0.2) is 30.3 Å². The fraction of sp³-hybridized carbons (Fsp3) is 0.125. The number of carbonyl (C=O) groups is 2. The highest BCUT2D eigenvalue weighted by molar-refractivity contribution is 9.10. The number of likely N-dealkylation sites (N-methyl/N-ethyl adjacent to an activating group) is 1. The first-order valence-electron chi connectivity index (χ1n) is 6.74. The predicted molar refractivity (Wildman–Crippen MR) is 96.2 cm³/mol. The van der Waals surface area contributed by atoms with Crippen LogP contribution in [0.15, 0.2) is 40.9 Å². The summed E-state index contributed by atoms with van der Waals surface area (Å²) in [5, 5.41) is 3.10. The zero-order valence-corrected chi connectivity index (χ0v) is 15.5. The van der Waals surface area contributed by atoms with Crippen LogP contribution in [0, 0.1) is 5.82 Å². The summed E-state index contributed by atoms with van der Waals surface area (Å²) < 4.78 is 14.3. The molecule has 24 heavy (non-hydrogen) atoms. The van der Waals surface area contributed by atoms with Gasteiger partial charge in [-0.1, -0.05) is 45.2 Å². The number of hydrogen-bond acceptors (Lipinski definition) is 2. The minimum Gasteiger partial charge on any atom is -0.332 e. The Hall–Kier alpha value is -1.63. The number of amides is 2.